The third-order valence-electron chi connectivity index (χ3n) is 5.61. The fourth-order valence-corrected chi connectivity index (χ4v) is 4.53. The highest BCUT2D eigenvalue weighted by Crippen LogP contribution is 2.34. The molecule has 0 saturated carbocycles. The maximum atomic E-state index is 13.1. The normalized spacial score (nSPS) is 22.3. The molecular weight excluding hydrogens is 346 g/mol. The molecule has 1 fully saturated rings. The number of hydrogen-bond donors (Lipinski definition) is 0. The van der Waals surface area contributed by atoms with Gasteiger partial charge in [0.2, 0.25) is 11.8 Å². The third kappa shape index (κ3) is 3.00. The topological polar surface area (TPSA) is 45.6 Å². The van der Waals surface area contributed by atoms with Crippen molar-refractivity contribution < 1.29 is 9.59 Å². The summed E-state index contributed by atoms with van der Waals surface area (Å²) in [6.07, 6.45) is 4.80. The van der Waals surface area contributed by atoms with Gasteiger partial charge in [0.15, 0.2) is 0 Å². The maximum absolute atomic E-state index is 13.1. The molecule has 3 atom stereocenters. The minimum absolute atomic E-state index is 0.0265. The zero-order chi connectivity index (χ0) is 19.0. The highest BCUT2D eigenvalue weighted by atomic mass is 32.2. The van der Waals surface area contributed by atoms with Crippen molar-refractivity contribution in [3.05, 3.63) is 36.0 Å². The van der Waals surface area contributed by atoms with E-state index in [0.717, 1.165) is 22.2 Å². The van der Waals surface area contributed by atoms with Crippen LogP contribution < -0.4 is 0 Å². The second kappa shape index (κ2) is 7.35. The van der Waals surface area contributed by atoms with Gasteiger partial charge >= 0.3 is 0 Å². The molecule has 0 radical (unpaired) electrons. The van der Waals surface area contributed by atoms with Crippen LogP contribution in [0.2, 0.25) is 0 Å². The van der Waals surface area contributed by atoms with Crippen molar-refractivity contribution in [2.45, 2.75) is 31.3 Å². The van der Waals surface area contributed by atoms with E-state index in [1.807, 2.05) is 32.4 Å². The van der Waals surface area contributed by atoms with E-state index in [1.54, 1.807) is 35.7 Å². The summed E-state index contributed by atoms with van der Waals surface area (Å²) < 4.78 is 2.08. The number of para-hydroxylation sites is 1. The summed E-state index contributed by atoms with van der Waals surface area (Å²) in [6, 6.07) is 7.37. The molecule has 0 aliphatic carbocycles. The van der Waals surface area contributed by atoms with Gasteiger partial charge in [0.25, 0.3) is 0 Å². The number of benzene rings is 1. The lowest BCUT2D eigenvalue weighted by Crippen LogP contribution is -2.63. The van der Waals surface area contributed by atoms with Gasteiger partial charge in [0.1, 0.15) is 12.1 Å². The van der Waals surface area contributed by atoms with E-state index in [4.69, 9.17) is 0 Å². The molecule has 0 spiro atoms. The predicted molar refractivity (Wildman–Crippen MR) is 107 cm³/mol. The number of hydrogen-bond acceptors (Lipinski definition) is 3. The van der Waals surface area contributed by atoms with Gasteiger partial charge in [0, 0.05) is 44.2 Å². The minimum Gasteiger partial charge on any atom is -0.350 e. The van der Waals surface area contributed by atoms with Crippen molar-refractivity contribution in [3.63, 3.8) is 0 Å². The molecule has 5 nitrogen and oxygen atoms in total. The van der Waals surface area contributed by atoms with E-state index in [-0.39, 0.29) is 23.8 Å². The SMILES string of the molecule is CSCC[C@@H]1C(=O)N(C)[C@H]([C@H](C)c2cn(C)c3ccccc23)C(=O)N1C. The van der Waals surface area contributed by atoms with E-state index in [2.05, 4.69) is 22.9 Å². The average Bonchev–Trinajstić information content (AvgIpc) is 2.97. The molecule has 1 saturated heterocycles. The van der Waals surface area contributed by atoms with Crippen molar-refractivity contribution in [2.24, 2.45) is 7.05 Å². The number of carbonyl (C=O) groups is 2. The van der Waals surface area contributed by atoms with Crippen LogP contribution in [0, 0.1) is 0 Å². The minimum atomic E-state index is -0.469. The lowest BCUT2D eigenvalue weighted by atomic mass is 9.88. The van der Waals surface area contributed by atoms with Gasteiger partial charge in [-0.25, -0.2) is 0 Å². The molecule has 6 heteroatoms. The summed E-state index contributed by atoms with van der Waals surface area (Å²) in [5, 5.41) is 1.14. The molecular formula is C20H27N3O2S. The number of likely N-dealkylation sites (N-methyl/N-ethyl adjacent to an activating group) is 2. The Morgan fingerprint density at radius 2 is 1.77 bits per heavy atom. The number of amides is 2. The van der Waals surface area contributed by atoms with Gasteiger partial charge in [-0.05, 0) is 30.1 Å². The molecule has 1 aliphatic heterocycles. The second-order valence-electron chi connectivity index (χ2n) is 7.14. The monoisotopic (exact) mass is 373 g/mol. The Morgan fingerprint density at radius 1 is 1.08 bits per heavy atom. The quantitative estimate of drug-likeness (QED) is 0.810. The van der Waals surface area contributed by atoms with Crippen LogP contribution in [-0.4, -0.2) is 64.4 Å². The number of carbonyl (C=O) groups excluding carboxylic acids is 2. The number of piperazine rings is 1. The molecule has 1 aromatic carbocycles. The van der Waals surface area contributed by atoms with Crippen molar-refractivity contribution in [1.29, 1.82) is 0 Å². The van der Waals surface area contributed by atoms with Crippen LogP contribution in [0.25, 0.3) is 10.9 Å². The number of thioether (sulfide) groups is 1. The summed E-state index contributed by atoms with van der Waals surface area (Å²) in [6.45, 7) is 2.05. The summed E-state index contributed by atoms with van der Waals surface area (Å²) in [5.41, 5.74) is 2.25. The lowest BCUT2D eigenvalue weighted by Gasteiger charge is -2.44. The van der Waals surface area contributed by atoms with E-state index >= 15 is 0 Å². The van der Waals surface area contributed by atoms with Gasteiger partial charge in [-0.1, -0.05) is 25.1 Å². The van der Waals surface area contributed by atoms with Gasteiger partial charge in [-0.3, -0.25) is 9.59 Å². The molecule has 2 heterocycles. The van der Waals surface area contributed by atoms with Crippen LogP contribution in [0.1, 0.15) is 24.8 Å². The van der Waals surface area contributed by atoms with Gasteiger partial charge in [-0.15, -0.1) is 0 Å². The Bertz CT molecular complexity index is 832. The van der Waals surface area contributed by atoms with Crippen LogP contribution in [0.4, 0.5) is 0 Å². The molecule has 0 N–H and O–H groups in total. The molecule has 2 aromatic rings. The van der Waals surface area contributed by atoms with Crippen LogP contribution in [0.5, 0.6) is 0 Å². The maximum Gasteiger partial charge on any atom is 0.246 e. The Morgan fingerprint density at radius 3 is 2.46 bits per heavy atom. The average molecular weight is 374 g/mol. The van der Waals surface area contributed by atoms with Crippen molar-refractivity contribution in [1.82, 2.24) is 14.4 Å². The second-order valence-corrected chi connectivity index (χ2v) is 8.13. The Balaban J connectivity index is 1.95. The first-order chi connectivity index (χ1) is 12.4. The first-order valence-corrected chi connectivity index (χ1v) is 10.3. The van der Waals surface area contributed by atoms with E-state index in [0.29, 0.717) is 6.42 Å². The Labute approximate surface area is 159 Å². The first kappa shape index (κ1) is 18.8. The molecule has 3 rings (SSSR count). The van der Waals surface area contributed by atoms with Crippen LogP contribution in [0.15, 0.2) is 30.5 Å². The fourth-order valence-electron chi connectivity index (χ4n) is 4.07. The molecule has 0 bridgehead atoms. The summed E-state index contributed by atoms with van der Waals surface area (Å²) in [4.78, 5) is 29.4. The number of rotatable bonds is 5. The zero-order valence-corrected chi connectivity index (χ0v) is 16.9. The number of nitrogens with zero attached hydrogens (tertiary/aromatic N) is 3. The zero-order valence-electron chi connectivity index (χ0n) is 16.1. The molecule has 0 unspecified atom stereocenters. The predicted octanol–water partition coefficient (Wildman–Crippen LogP) is 2.70. The molecule has 1 aliphatic rings. The van der Waals surface area contributed by atoms with Gasteiger partial charge < -0.3 is 14.4 Å². The summed E-state index contributed by atoms with van der Waals surface area (Å²) >= 11 is 1.70. The van der Waals surface area contributed by atoms with E-state index in [1.165, 1.54) is 0 Å². The van der Waals surface area contributed by atoms with E-state index in [9.17, 15) is 9.59 Å². The number of aromatic nitrogens is 1. The highest BCUT2D eigenvalue weighted by Gasteiger charge is 2.45. The Hall–Kier alpha value is -1.95. The Kier molecular flexibility index (Phi) is 5.32. The van der Waals surface area contributed by atoms with Crippen LogP contribution in [0.3, 0.4) is 0 Å². The van der Waals surface area contributed by atoms with Gasteiger partial charge in [0.05, 0.1) is 0 Å². The standard InChI is InChI=1S/C20H27N3O2S/c1-13(15-12-21(2)16-9-7-6-8-14(15)16)18-20(25)22(3)17(10-11-26-5)19(24)23(18)4/h6-9,12-13,17-18H,10-11H2,1-5H3/t13-,17-,18-/m1/s1. The van der Waals surface area contributed by atoms with Gasteiger partial charge in [-0.2, -0.15) is 11.8 Å². The summed E-state index contributed by atoms with van der Waals surface area (Å²) in [5.74, 6) is 0.856. The molecule has 2 amide bonds. The third-order valence-corrected chi connectivity index (χ3v) is 6.25. The number of aryl methyl sites for hydroxylation is 1. The van der Waals surface area contributed by atoms with Crippen molar-refractivity contribution in [3.8, 4) is 0 Å². The van der Waals surface area contributed by atoms with Crippen LogP contribution >= 0.6 is 11.8 Å². The fraction of sp³-hybridized carbons (Fsp3) is 0.500. The van der Waals surface area contributed by atoms with Crippen molar-refractivity contribution >= 4 is 34.5 Å². The molecule has 26 heavy (non-hydrogen) atoms. The summed E-state index contributed by atoms with van der Waals surface area (Å²) in [7, 11) is 5.55. The molecule has 1 aromatic heterocycles. The molecule has 140 valence electrons. The van der Waals surface area contributed by atoms with Crippen LogP contribution in [-0.2, 0) is 16.6 Å². The first-order valence-electron chi connectivity index (χ1n) is 8.94. The highest BCUT2D eigenvalue weighted by molar-refractivity contribution is 7.98. The largest absolute Gasteiger partial charge is 0.350 e. The van der Waals surface area contributed by atoms with E-state index < -0.39 is 6.04 Å². The number of fused-ring (bicyclic) bond motifs is 1. The van der Waals surface area contributed by atoms with Crippen molar-refractivity contribution in [2.75, 3.05) is 26.1 Å². The smallest absolute Gasteiger partial charge is 0.246 e. The lowest BCUT2D eigenvalue weighted by molar-refractivity contribution is -0.159.